The summed E-state index contributed by atoms with van der Waals surface area (Å²) in [5, 5.41) is 0.776. The molecular formula is C13H22ClN3. The summed E-state index contributed by atoms with van der Waals surface area (Å²) in [5.74, 6) is 0. The Morgan fingerprint density at radius 1 is 1.18 bits per heavy atom. The van der Waals surface area contributed by atoms with Gasteiger partial charge in [0.15, 0.2) is 0 Å². The van der Waals surface area contributed by atoms with Crippen molar-refractivity contribution in [2.24, 2.45) is 5.73 Å². The van der Waals surface area contributed by atoms with Crippen molar-refractivity contribution in [3.05, 3.63) is 28.8 Å². The number of halogens is 1. The third-order valence-electron chi connectivity index (χ3n) is 2.75. The van der Waals surface area contributed by atoms with Crippen molar-refractivity contribution in [3.8, 4) is 0 Å². The van der Waals surface area contributed by atoms with E-state index in [0.717, 1.165) is 24.5 Å². The summed E-state index contributed by atoms with van der Waals surface area (Å²) in [6.07, 6.45) is 0.863. The third kappa shape index (κ3) is 4.54. The minimum absolute atomic E-state index is 0.648. The van der Waals surface area contributed by atoms with Gasteiger partial charge in [0.2, 0.25) is 0 Å². The lowest BCUT2D eigenvalue weighted by molar-refractivity contribution is 0.416. The Labute approximate surface area is 109 Å². The van der Waals surface area contributed by atoms with Crippen LogP contribution in [0.5, 0.6) is 0 Å². The molecule has 0 aliphatic rings. The van der Waals surface area contributed by atoms with E-state index in [1.165, 1.54) is 11.3 Å². The highest BCUT2D eigenvalue weighted by Crippen LogP contribution is 2.23. The van der Waals surface area contributed by atoms with Gasteiger partial charge in [-0.05, 0) is 50.8 Å². The molecule has 0 amide bonds. The third-order valence-corrected chi connectivity index (χ3v) is 2.98. The molecule has 0 fully saturated rings. The van der Waals surface area contributed by atoms with Gasteiger partial charge in [0, 0.05) is 30.8 Å². The number of nitrogens with two attached hydrogens (primary N) is 1. The summed E-state index contributed by atoms with van der Waals surface area (Å²) < 4.78 is 0. The van der Waals surface area contributed by atoms with Crippen LogP contribution in [0, 0.1) is 0 Å². The van der Waals surface area contributed by atoms with Crippen molar-refractivity contribution in [2.45, 2.75) is 6.42 Å². The van der Waals surface area contributed by atoms with Gasteiger partial charge in [-0.1, -0.05) is 11.6 Å². The Morgan fingerprint density at radius 2 is 1.88 bits per heavy atom. The molecule has 0 bridgehead atoms. The van der Waals surface area contributed by atoms with Crippen LogP contribution < -0.4 is 10.6 Å². The summed E-state index contributed by atoms with van der Waals surface area (Å²) in [4.78, 5) is 4.43. The van der Waals surface area contributed by atoms with Gasteiger partial charge in [0.25, 0.3) is 0 Å². The molecule has 0 heterocycles. The molecule has 1 rings (SSSR count). The predicted molar refractivity (Wildman–Crippen MR) is 76.0 cm³/mol. The van der Waals surface area contributed by atoms with Crippen LogP contribution >= 0.6 is 11.6 Å². The minimum Gasteiger partial charge on any atom is -0.373 e. The molecule has 4 heteroatoms. The van der Waals surface area contributed by atoms with E-state index in [1.807, 2.05) is 12.1 Å². The first-order chi connectivity index (χ1) is 8.04. The first-order valence-electron chi connectivity index (χ1n) is 5.89. The molecule has 0 aliphatic heterocycles. The molecule has 96 valence electrons. The quantitative estimate of drug-likeness (QED) is 0.842. The van der Waals surface area contributed by atoms with Crippen molar-refractivity contribution in [2.75, 3.05) is 45.7 Å². The summed E-state index contributed by atoms with van der Waals surface area (Å²) in [6.45, 7) is 2.67. The van der Waals surface area contributed by atoms with Gasteiger partial charge in [-0.15, -0.1) is 0 Å². The number of anilines is 1. The van der Waals surface area contributed by atoms with Gasteiger partial charge < -0.3 is 15.5 Å². The predicted octanol–water partition coefficient (Wildman–Crippen LogP) is 1.84. The molecule has 0 aromatic heterocycles. The van der Waals surface area contributed by atoms with Crippen LogP contribution in [0.4, 0.5) is 5.69 Å². The summed E-state index contributed by atoms with van der Waals surface area (Å²) >= 11 is 6.02. The van der Waals surface area contributed by atoms with Crippen LogP contribution in [0.25, 0.3) is 0 Å². The molecule has 1 aromatic carbocycles. The zero-order valence-corrected chi connectivity index (χ0v) is 11.7. The van der Waals surface area contributed by atoms with E-state index >= 15 is 0 Å². The number of rotatable bonds is 6. The van der Waals surface area contributed by atoms with Crippen LogP contribution in [-0.2, 0) is 6.42 Å². The highest BCUT2D eigenvalue weighted by Gasteiger charge is 2.07. The van der Waals surface area contributed by atoms with Gasteiger partial charge in [0.1, 0.15) is 0 Å². The minimum atomic E-state index is 0.648. The normalized spacial score (nSPS) is 10.9. The smallest absolute Gasteiger partial charge is 0.0410 e. The SMILES string of the molecule is CN(C)CCN(C)c1ccc(Cl)cc1CCN. The second-order valence-corrected chi connectivity index (χ2v) is 4.97. The van der Waals surface area contributed by atoms with E-state index in [0.29, 0.717) is 6.54 Å². The monoisotopic (exact) mass is 255 g/mol. The second kappa shape index (κ2) is 6.84. The molecule has 0 atom stereocenters. The number of benzene rings is 1. The highest BCUT2D eigenvalue weighted by molar-refractivity contribution is 6.30. The molecule has 17 heavy (non-hydrogen) atoms. The maximum Gasteiger partial charge on any atom is 0.0410 e. The molecular weight excluding hydrogens is 234 g/mol. The number of hydrogen-bond acceptors (Lipinski definition) is 3. The standard InChI is InChI=1S/C13H22ClN3/c1-16(2)8-9-17(3)13-5-4-12(14)10-11(13)6-7-15/h4-5,10H,6-9,15H2,1-3H3. The van der Waals surface area contributed by atoms with Gasteiger partial charge in [-0.3, -0.25) is 0 Å². The Morgan fingerprint density at radius 3 is 2.47 bits per heavy atom. The maximum atomic E-state index is 6.02. The van der Waals surface area contributed by atoms with Gasteiger partial charge in [0.05, 0.1) is 0 Å². The zero-order chi connectivity index (χ0) is 12.8. The molecule has 0 radical (unpaired) electrons. The van der Waals surface area contributed by atoms with Crippen LogP contribution in [0.15, 0.2) is 18.2 Å². The highest BCUT2D eigenvalue weighted by atomic mass is 35.5. The molecule has 1 aromatic rings. The van der Waals surface area contributed by atoms with Crippen molar-refractivity contribution in [3.63, 3.8) is 0 Å². The van der Waals surface area contributed by atoms with Crippen LogP contribution in [0.2, 0.25) is 5.02 Å². The average Bonchev–Trinajstić information content (AvgIpc) is 2.26. The lowest BCUT2D eigenvalue weighted by atomic mass is 10.1. The molecule has 0 saturated heterocycles. The lowest BCUT2D eigenvalue weighted by Crippen LogP contribution is -2.29. The summed E-state index contributed by atoms with van der Waals surface area (Å²) in [5.41, 5.74) is 8.08. The number of nitrogens with zero attached hydrogens (tertiary/aromatic N) is 2. The average molecular weight is 256 g/mol. The van der Waals surface area contributed by atoms with Crippen molar-refractivity contribution >= 4 is 17.3 Å². The first kappa shape index (κ1) is 14.3. The summed E-state index contributed by atoms with van der Waals surface area (Å²) in [6, 6.07) is 6.02. The zero-order valence-electron chi connectivity index (χ0n) is 10.9. The van der Waals surface area contributed by atoms with E-state index in [4.69, 9.17) is 17.3 Å². The molecule has 0 unspecified atom stereocenters. The van der Waals surface area contributed by atoms with Crippen LogP contribution in [0.3, 0.4) is 0 Å². The number of hydrogen-bond donors (Lipinski definition) is 1. The lowest BCUT2D eigenvalue weighted by Gasteiger charge is -2.24. The first-order valence-corrected chi connectivity index (χ1v) is 6.26. The van der Waals surface area contributed by atoms with Crippen molar-refractivity contribution < 1.29 is 0 Å². The van der Waals surface area contributed by atoms with Gasteiger partial charge >= 0.3 is 0 Å². The van der Waals surface area contributed by atoms with E-state index in [9.17, 15) is 0 Å². The molecule has 0 aliphatic carbocycles. The largest absolute Gasteiger partial charge is 0.373 e. The van der Waals surface area contributed by atoms with E-state index in [2.05, 4.69) is 37.0 Å². The van der Waals surface area contributed by atoms with Gasteiger partial charge in [-0.2, -0.15) is 0 Å². The van der Waals surface area contributed by atoms with Crippen LogP contribution in [-0.4, -0.2) is 45.7 Å². The number of likely N-dealkylation sites (N-methyl/N-ethyl adjacent to an activating group) is 2. The van der Waals surface area contributed by atoms with Crippen LogP contribution in [0.1, 0.15) is 5.56 Å². The Hall–Kier alpha value is -0.770. The molecule has 3 nitrogen and oxygen atoms in total. The fourth-order valence-electron chi connectivity index (χ4n) is 1.75. The Kier molecular flexibility index (Phi) is 5.75. The van der Waals surface area contributed by atoms with E-state index < -0.39 is 0 Å². The fourth-order valence-corrected chi connectivity index (χ4v) is 1.95. The van der Waals surface area contributed by atoms with Crippen molar-refractivity contribution in [1.29, 1.82) is 0 Å². The Balaban J connectivity index is 2.80. The Bertz CT molecular complexity index is 353. The molecule has 0 saturated carbocycles. The van der Waals surface area contributed by atoms with Gasteiger partial charge in [-0.25, -0.2) is 0 Å². The van der Waals surface area contributed by atoms with E-state index in [1.54, 1.807) is 0 Å². The van der Waals surface area contributed by atoms with Crippen molar-refractivity contribution in [1.82, 2.24) is 4.90 Å². The molecule has 2 N–H and O–H groups in total. The topological polar surface area (TPSA) is 32.5 Å². The van der Waals surface area contributed by atoms with E-state index in [-0.39, 0.29) is 0 Å². The summed E-state index contributed by atoms with van der Waals surface area (Å²) in [7, 11) is 6.26. The fraction of sp³-hybridized carbons (Fsp3) is 0.538. The maximum absolute atomic E-state index is 6.02. The molecule has 0 spiro atoms. The second-order valence-electron chi connectivity index (χ2n) is 4.54.